The molecule has 1 atom stereocenters. The van der Waals surface area contributed by atoms with Crippen LogP contribution in [0.5, 0.6) is 0 Å². The fourth-order valence-electron chi connectivity index (χ4n) is 0.885. The molecular weight excluding hydrogens is 166 g/mol. The molecule has 0 spiro atoms. The van der Waals surface area contributed by atoms with Gasteiger partial charge in [-0.2, -0.15) is 0 Å². The van der Waals surface area contributed by atoms with Crippen LogP contribution in [0, 0.1) is 5.92 Å². The van der Waals surface area contributed by atoms with E-state index in [9.17, 15) is 0 Å². The third-order valence-electron chi connectivity index (χ3n) is 2.20. The molecule has 0 aromatic rings. The number of rotatable bonds is 6. The predicted octanol–water partition coefficient (Wildman–Crippen LogP) is 1.15. The summed E-state index contributed by atoms with van der Waals surface area (Å²) in [5, 5.41) is 14.6. The van der Waals surface area contributed by atoms with Gasteiger partial charge in [0.2, 0.25) is 0 Å². The van der Waals surface area contributed by atoms with Gasteiger partial charge >= 0.3 is 0 Å². The second kappa shape index (κ2) is 6.71. The van der Waals surface area contributed by atoms with Crippen molar-refractivity contribution in [2.75, 3.05) is 6.54 Å². The number of nitrogens with two attached hydrogens (primary N) is 1. The first-order chi connectivity index (χ1) is 6.07. The van der Waals surface area contributed by atoms with Gasteiger partial charge in [-0.1, -0.05) is 19.0 Å². The zero-order valence-electron chi connectivity index (χ0n) is 8.75. The largest absolute Gasteiger partial charge is 0.409 e. The molecule has 0 saturated heterocycles. The fourth-order valence-corrected chi connectivity index (χ4v) is 0.885. The normalized spacial score (nSPS) is 14.9. The zero-order chi connectivity index (χ0) is 10.3. The minimum Gasteiger partial charge on any atom is -0.409 e. The fraction of sp³-hybridized carbons (Fsp3) is 0.889. The van der Waals surface area contributed by atoms with E-state index >= 15 is 0 Å². The highest BCUT2D eigenvalue weighted by Crippen LogP contribution is 1.99. The summed E-state index contributed by atoms with van der Waals surface area (Å²) in [6, 6.07) is 0.521. The highest BCUT2D eigenvalue weighted by molar-refractivity contribution is 5.79. The van der Waals surface area contributed by atoms with Crippen LogP contribution in [-0.4, -0.2) is 23.6 Å². The Morgan fingerprint density at radius 2 is 2.08 bits per heavy atom. The lowest BCUT2D eigenvalue weighted by molar-refractivity contribution is 0.316. The lowest BCUT2D eigenvalue weighted by Gasteiger charge is -2.16. The summed E-state index contributed by atoms with van der Waals surface area (Å²) in [6.07, 6.45) is 1.56. The van der Waals surface area contributed by atoms with Gasteiger partial charge in [-0.15, -0.1) is 0 Å². The third kappa shape index (κ3) is 6.40. The highest BCUT2D eigenvalue weighted by Gasteiger charge is 2.04. The Balaban J connectivity index is 3.36. The molecule has 1 unspecified atom stereocenters. The average Bonchev–Trinajstić information content (AvgIpc) is 2.11. The molecule has 0 radical (unpaired) electrons. The first-order valence-corrected chi connectivity index (χ1v) is 4.77. The van der Waals surface area contributed by atoms with Gasteiger partial charge in [0.05, 0.1) is 0 Å². The second-order valence-corrected chi connectivity index (χ2v) is 3.68. The lowest BCUT2D eigenvalue weighted by Crippen LogP contribution is -2.32. The van der Waals surface area contributed by atoms with Gasteiger partial charge in [0.25, 0.3) is 0 Å². The highest BCUT2D eigenvalue weighted by atomic mass is 16.4. The van der Waals surface area contributed by atoms with E-state index < -0.39 is 0 Å². The molecule has 4 N–H and O–H groups in total. The topological polar surface area (TPSA) is 70.6 Å². The van der Waals surface area contributed by atoms with E-state index in [-0.39, 0.29) is 0 Å². The second-order valence-electron chi connectivity index (χ2n) is 3.68. The average molecular weight is 187 g/mol. The maximum absolute atomic E-state index is 8.27. The Morgan fingerprint density at radius 3 is 2.54 bits per heavy atom. The van der Waals surface area contributed by atoms with E-state index in [0.29, 0.717) is 24.2 Å². The quantitative estimate of drug-likeness (QED) is 0.192. The lowest BCUT2D eigenvalue weighted by atomic mass is 10.1. The molecule has 4 nitrogen and oxygen atoms in total. The van der Waals surface area contributed by atoms with Crippen molar-refractivity contribution >= 4 is 5.84 Å². The first-order valence-electron chi connectivity index (χ1n) is 4.77. The van der Waals surface area contributed by atoms with Gasteiger partial charge in [0.1, 0.15) is 5.84 Å². The first kappa shape index (κ1) is 12.2. The molecule has 0 aliphatic rings. The van der Waals surface area contributed by atoms with Crippen LogP contribution in [0.25, 0.3) is 0 Å². The number of nitrogens with zero attached hydrogens (tertiary/aromatic N) is 1. The van der Waals surface area contributed by atoms with Crippen LogP contribution in [0.4, 0.5) is 0 Å². The molecule has 13 heavy (non-hydrogen) atoms. The minimum absolute atomic E-state index is 0.305. The number of oxime groups is 1. The van der Waals surface area contributed by atoms with Gasteiger partial charge in [-0.25, -0.2) is 0 Å². The Bertz CT molecular complexity index is 157. The Kier molecular flexibility index (Phi) is 6.32. The molecule has 0 fully saturated rings. The van der Waals surface area contributed by atoms with Crippen molar-refractivity contribution in [3.63, 3.8) is 0 Å². The molecule has 0 aliphatic carbocycles. The molecule has 0 amide bonds. The summed E-state index contributed by atoms with van der Waals surface area (Å²) in [5.41, 5.74) is 5.32. The van der Waals surface area contributed by atoms with Gasteiger partial charge in [0.15, 0.2) is 0 Å². The maximum Gasteiger partial charge on any atom is 0.139 e. The molecule has 0 aromatic carbocycles. The predicted molar refractivity (Wildman–Crippen MR) is 54.9 cm³/mol. The van der Waals surface area contributed by atoms with E-state index in [0.717, 1.165) is 13.0 Å². The van der Waals surface area contributed by atoms with Gasteiger partial charge in [-0.3, -0.25) is 0 Å². The van der Waals surface area contributed by atoms with Gasteiger partial charge in [0, 0.05) is 12.5 Å². The molecule has 0 bridgehead atoms. The number of hydrogen-bond donors (Lipinski definition) is 3. The molecule has 0 aliphatic heterocycles. The van der Waals surface area contributed by atoms with Crippen molar-refractivity contribution in [3.05, 3.63) is 0 Å². The van der Waals surface area contributed by atoms with Crippen LogP contribution >= 0.6 is 0 Å². The third-order valence-corrected chi connectivity index (χ3v) is 2.20. The van der Waals surface area contributed by atoms with E-state index in [1.54, 1.807) is 0 Å². The van der Waals surface area contributed by atoms with Crippen LogP contribution in [0.1, 0.15) is 33.6 Å². The maximum atomic E-state index is 8.27. The van der Waals surface area contributed by atoms with Crippen LogP contribution in [0.3, 0.4) is 0 Å². The van der Waals surface area contributed by atoms with Crippen molar-refractivity contribution in [3.8, 4) is 0 Å². The molecule has 0 aromatic heterocycles. The number of hydrogen-bond acceptors (Lipinski definition) is 3. The van der Waals surface area contributed by atoms with Crippen molar-refractivity contribution in [2.45, 2.75) is 39.7 Å². The minimum atomic E-state index is 0.305. The van der Waals surface area contributed by atoms with Crippen LogP contribution < -0.4 is 11.1 Å². The summed E-state index contributed by atoms with van der Waals surface area (Å²) in [4.78, 5) is 0. The monoisotopic (exact) mass is 187 g/mol. The molecule has 0 heterocycles. The van der Waals surface area contributed by atoms with Crippen LogP contribution in [0.15, 0.2) is 5.16 Å². The summed E-state index contributed by atoms with van der Waals surface area (Å²) in [5.74, 6) is 0.947. The number of amidine groups is 1. The summed E-state index contributed by atoms with van der Waals surface area (Å²) in [6.45, 7) is 7.44. The Morgan fingerprint density at radius 1 is 1.46 bits per heavy atom. The van der Waals surface area contributed by atoms with Crippen molar-refractivity contribution in [2.24, 2.45) is 16.8 Å². The summed E-state index contributed by atoms with van der Waals surface area (Å²) in [7, 11) is 0. The van der Waals surface area contributed by atoms with Crippen LogP contribution in [0.2, 0.25) is 0 Å². The standard InChI is InChI=1S/C9H21N3O/c1-7(2)8(3)11-6-4-5-9(10)12-13/h7-8,11,13H,4-6H2,1-3H3,(H2,10,12). The molecule has 0 saturated carbocycles. The Labute approximate surface area is 80.2 Å². The molecule has 78 valence electrons. The number of nitrogens with one attached hydrogen (secondary N) is 1. The zero-order valence-corrected chi connectivity index (χ0v) is 8.75. The summed E-state index contributed by atoms with van der Waals surface area (Å²) < 4.78 is 0. The van der Waals surface area contributed by atoms with Crippen molar-refractivity contribution < 1.29 is 5.21 Å². The molecule has 0 rings (SSSR count). The van der Waals surface area contributed by atoms with E-state index in [4.69, 9.17) is 10.9 Å². The Hall–Kier alpha value is -0.770. The van der Waals surface area contributed by atoms with Crippen LogP contribution in [-0.2, 0) is 0 Å². The van der Waals surface area contributed by atoms with E-state index in [1.807, 2.05) is 0 Å². The van der Waals surface area contributed by atoms with Gasteiger partial charge in [-0.05, 0) is 25.8 Å². The van der Waals surface area contributed by atoms with E-state index in [1.165, 1.54) is 0 Å². The smallest absolute Gasteiger partial charge is 0.139 e. The molecule has 4 heteroatoms. The molecular formula is C9H21N3O. The van der Waals surface area contributed by atoms with Crippen molar-refractivity contribution in [1.29, 1.82) is 0 Å². The summed E-state index contributed by atoms with van der Waals surface area (Å²) >= 11 is 0. The van der Waals surface area contributed by atoms with Gasteiger partial charge < -0.3 is 16.3 Å². The SMILES string of the molecule is CC(C)C(C)NCCCC(N)=NO. The van der Waals surface area contributed by atoms with E-state index in [2.05, 4.69) is 31.2 Å². The van der Waals surface area contributed by atoms with Crippen molar-refractivity contribution in [1.82, 2.24) is 5.32 Å².